The molecule has 0 fully saturated rings. The second-order valence-electron chi connectivity index (χ2n) is 21.4. The molecule has 0 aliphatic heterocycles. The fraction of sp³-hybridized carbons (Fsp3) is 0.233. The van der Waals surface area contributed by atoms with Gasteiger partial charge in [-0.3, -0.25) is 4.57 Å². The van der Waals surface area contributed by atoms with Crippen LogP contribution in [0.15, 0.2) is 146 Å². The van der Waals surface area contributed by atoms with Crippen LogP contribution in [0.25, 0.3) is 92.7 Å². The zero-order chi connectivity index (χ0) is 48.1. The molecule has 8 heteroatoms. The van der Waals surface area contributed by atoms with E-state index >= 15 is 13.2 Å². The zero-order valence-electron chi connectivity index (χ0n) is 39.9. The summed E-state index contributed by atoms with van der Waals surface area (Å²) in [5.74, 6) is 0.404. The van der Waals surface area contributed by atoms with E-state index in [-0.39, 0.29) is 38.6 Å². The average molecular weight is 922 g/mol. The Balaban J connectivity index is 1.33. The van der Waals surface area contributed by atoms with Gasteiger partial charge in [0.15, 0.2) is 0 Å². The lowest BCUT2D eigenvalue weighted by atomic mass is 9.84. The first-order valence-electron chi connectivity index (χ1n) is 23.2. The van der Waals surface area contributed by atoms with Gasteiger partial charge in [0.1, 0.15) is 11.6 Å². The van der Waals surface area contributed by atoms with Gasteiger partial charge < -0.3 is 5.11 Å². The second-order valence-corrected chi connectivity index (χ2v) is 22.4. The number of alkyl halides is 3. The van der Waals surface area contributed by atoms with Crippen LogP contribution in [-0.4, -0.2) is 19.6 Å². The number of para-hydroxylation sites is 1. The number of rotatable bonds is 6. The number of phenols is 1. The molecule has 0 bridgehead atoms. The molecular formula is C60H54F3N3OS. The molecule has 3 heterocycles. The van der Waals surface area contributed by atoms with E-state index in [9.17, 15) is 5.11 Å². The van der Waals surface area contributed by atoms with Crippen LogP contribution in [0.3, 0.4) is 0 Å². The first-order valence-corrected chi connectivity index (χ1v) is 24.0. The quantitative estimate of drug-likeness (QED) is 0.181. The minimum Gasteiger partial charge on any atom is -0.507 e. The van der Waals surface area contributed by atoms with Crippen molar-refractivity contribution >= 4 is 53.3 Å². The standard InChI is InChI=1S/C60H54F3N3OS/c1-57(2,3)34-35-23-27-41-38(31-35)24-28-42-49-50(60(61,62)63)53(64-51(55(49)68-54(41)42)37-19-14-11-15-20-37)43-21-16-22-47-52(43)65-56(45-33-40(59(7,8)9)26-30-48(45)67)66(47)46-29-25-39(58(4,5)6)32-44(46)36-17-12-10-13-18-36/h10-33,67H,34H2,1-9H3. The third kappa shape index (κ3) is 8.02. The highest BCUT2D eigenvalue weighted by atomic mass is 32.1. The molecule has 0 unspecified atom stereocenters. The molecule has 0 aliphatic carbocycles. The first kappa shape index (κ1) is 45.0. The number of thiophene rings is 1. The number of nitrogens with zero attached hydrogens (tertiary/aromatic N) is 3. The predicted molar refractivity (Wildman–Crippen MR) is 278 cm³/mol. The van der Waals surface area contributed by atoms with Gasteiger partial charge in [0, 0.05) is 32.2 Å². The van der Waals surface area contributed by atoms with Gasteiger partial charge in [-0.1, -0.05) is 178 Å². The van der Waals surface area contributed by atoms with Crippen molar-refractivity contribution in [3.05, 3.63) is 168 Å². The summed E-state index contributed by atoms with van der Waals surface area (Å²) in [7, 11) is 0. The number of aromatic nitrogens is 3. The Morgan fingerprint density at radius 3 is 1.84 bits per heavy atom. The highest BCUT2D eigenvalue weighted by Gasteiger charge is 2.40. The second kappa shape index (κ2) is 16.2. The Morgan fingerprint density at radius 1 is 0.559 bits per heavy atom. The maximum absolute atomic E-state index is 16.4. The van der Waals surface area contributed by atoms with E-state index in [1.165, 1.54) is 16.9 Å². The summed E-state index contributed by atoms with van der Waals surface area (Å²) in [5, 5.41) is 14.4. The number of fused-ring (bicyclic) bond motifs is 6. The Kier molecular flexibility index (Phi) is 10.7. The van der Waals surface area contributed by atoms with Crippen LogP contribution >= 0.6 is 11.3 Å². The molecule has 0 spiro atoms. The molecule has 0 saturated heterocycles. The number of hydrogen-bond donors (Lipinski definition) is 1. The van der Waals surface area contributed by atoms with Crippen molar-refractivity contribution < 1.29 is 18.3 Å². The summed E-state index contributed by atoms with van der Waals surface area (Å²) in [6, 6.07) is 47.0. The van der Waals surface area contributed by atoms with Crippen molar-refractivity contribution in [1.29, 1.82) is 0 Å². The minimum absolute atomic E-state index is 0.00747. The van der Waals surface area contributed by atoms with Gasteiger partial charge in [0.2, 0.25) is 0 Å². The van der Waals surface area contributed by atoms with Crippen molar-refractivity contribution in [3.63, 3.8) is 0 Å². The molecule has 0 atom stereocenters. The van der Waals surface area contributed by atoms with Crippen molar-refractivity contribution in [2.24, 2.45) is 5.41 Å². The van der Waals surface area contributed by atoms with Crippen LogP contribution in [0.1, 0.15) is 84.6 Å². The lowest BCUT2D eigenvalue weighted by molar-refractivity contribution is -0.135. The smallest absolute Gasteiger partial charge is 0.419 e. The molecule has 342 valence electrons. The number of pyridine rings is 1. The van der Waals surface area contributed by atoms with Gasteiger partial charge in [-0.25, -0.2) is 9.97 Å². The molecule has 4 nitrogen and oxygen atoms in total. The van der Waals surface area contributed by atoms with E-state index in [1.54, 1.807) is 18.2 Å². The van der Waals surface area contributed by atoms with Crippen LogP contribution in [0.2, 0.25) is 0 Å². The molecule has 1 N–H and O–H groups in total. The monoisotopic (exact) mass is 921 g/mol. The van der Waals surface area contributed by atoms with Crippen LogP contribution in [0, 0.1) is 5.41 Å². The van der Waals surface area contributed by atoms with E-state index < -0.39 is 11.7 Å². The van der Waals surface area contributed by atoms with Crippen molar-refractivity contribution in [3.8, 4) is 56.5 Å². The number of halogens is 3. The van der Waals surface area contributed by atoms with E-state index in [0.717, 1.165) is 49.8 Å². The number of imidazole rings is 1. The largest absolute Gasteiger partial charge is 0.507 e. The molecule has 7 aromatic carbocycles. The van der Waals surface area contributed by atoms with Crippen LogP contribution in [-0.2, 0) is 23.4 Å². The summed E-state index contributed by atoms with van der Waals surface area (Å²) in [5.41, 5.74) is 7.29. The summed E-state index contributed by atoms with van der Waals surface area (Å²) >= 11 is 1.37. The van der Waals surface area contributed by atoms with Gasteiger partial charge in [-0.2, -0.15) is 13.2 Å². The van der Waals surface area contributed by atoms with Crippen molar-refractivity contribution in [1.82, 2.24) is 14.5 Å². The fourth-order valence-corrected chi connectivity index (χ4v) is 11.0. The lowest BCUT2D eigenvalue weighted by Crippen LogP contribution is -2.12. The van der Waals surface area contributed by atoms with Gasteiger partial charge >= 0.3 is 6.18 Å². The van der Waals surface area contributed by atoms with E-state index in [1.807, 2.05) is 83.4 Å². The predicted octanol–water partition coefficient (Wildman–Crippen LogP) is 17.5. The van der Waals surface area contributed by atoms with Gasteiger partial charge in [0.25, 0.3) is 0 Å². The number of benzene rings is 7. The maximum Gasteiger partial charge on any atom is 0.419 e. The Hall–Kier alpha value is -6.77. The number of aromatic hydroxyl groups is 1. The van der Waals surface area contributed by atoms with Crippen molar-refractivity contribution in [2.45, 2.75) is 85.7 Å². The Morgan fingerprint density at radius 2 is 1.19 bits per heavy atom. The van der Waals surface area contributed by atoms with Gasteiger partial charge in [-0.15, -0.1) is 11.3 Å². The molecule has 3 aromatic heterocycles. The number of hydrogen-bond acceptors (Lipinski definition) is 4. The molecule has 10 aromatic rings. The van der Waals surface area contributed by atoms with Crippen LogP contribution in [0.4, 0.5) is 13.2 Å². The molecule has 0 saturated carbocycles. The molecule has 0 radical (unpaired) electrons. The highest BCUT2D eigenvalue weighted by molar-refractivity contribution is 7.27. The maximum atomic E-state index is 16.4. The molecule has 10 rings (SSSR count). The van der Waals surface area contributed by atoms with Crippen LogP contribution in [0.5, 0.6) is 5.75 Å². The number of phenolic OH excluding ortho intramolecular Hbond substituents is 1. The molecule has 68 heavy (non-hydrogen) atoms. The zero-order valence-corrected chi connectivity index (χ0v) is 40.7. The minimum atomic E-state index is -4.81. The normalized spacial score (nSPS) is 12.8. The Labute approximate surface area is 399 Å². The lowest BCUT2D eigenvalue weighted by Gasteiger charge is -2.23. The molecule has 0 amide bonds. The van der Waals surface area contributed by atoms with E-state index in [0.29, 0.717) is 43.8 Å². The van der Waals surface area contributed by atoms with E-state index in [4.69, 9.17) is 9.97 Å². The Bertz CT molecular complexity index is 3580. The van der Waals surface area contributed by atoms with Crippen LogP contribution < -0.4 is 0 Å². The average Bonchev–Trinajstić information content (AvgIpc) is 3.87. The van der Waals surface area contributed by atoms with Gasteiger partial charge in [-0.05, 0) is 86.0 Å². The topological polar surface area (TPSA) is 50.9 Å². The SMILES string of the molecule is CC(C)(C)Cc1ccc2c(ccc3c2sc2c(-c4ccccc4)nc(-c4cccc5c4nc(-c4cc(C(C)(C)C)ccc4O)n5-c4ccc(C(C)(C)C)cc4-c4ccccc4)c(C(F)(F)F)c23)c1. The fourth-order valence-electron chi connectivity index (χ4n) is 9.61. The molecular weight excluding hydrogens is 868 g/mol. The summed E-state index contributed by atoms with van der Waals surface area (Å²) < 4.78 is 52.6. The first-order chi connectivity index (χ1) is 32.2. The highest BCUT2D eigenvalue weighted by Crippen LogP contribution is 2.52. The van der Waals surface area contributed by atoms with Crippen molar-refractivity contribution in [2.75, 3.05) is 0 Å². The third-order valence-electron chi connectivity index (χ3n) is 13.0. The summed E-state index contributed by atoms with van der Waals surface area (Å²) in [4.78, 5) is 10.5. The summed E-state index contributed by atoms with van der Waals surface area (Å²) in [6.45, 7) is 19.4. The summed E-state index contributed by atoms with van der Waals surface area (Å²) in [6.07, 6.45) is -3.94. The van der Waals surface area contributed by atoms with E-state index in [2.05, 4.69) is 111 Å². The third-order valence-corrected chi connectivity index (χ3v) is 14.2. The molecule has 0 aliphatic rings. The van der Waals surface area contributed by atoms with Gasteiger partial charge in [0.05, 0.1) is 43.9 Å².